The quantitative estimate of drug-likeness (QED) is 0.0164. The molecule has 3 aliphatic rings. The summed E-state index contributed by atoms with van der Waals surface area (Å²) in [6, 6.07) is -1.29. The number of ether oxygens (including phenoxy) is 9. The molecule has 0 aromatic carbocycles. The maximum absolute atomic E-state index is 12.7. The molecule has 3 rings (SSSR count). The molecular weight excluding hydrogens is 1060 g/mol. The number of hydrogen-bond donors (Lipinski definition) is 13. The van der Waals surface area contributed by atoms with Crippen LogP contribution in [0.3, 0.4) is 0 Å². The Morgan fingerprint density at radius 1 is 0.521 bits per heavy atom. The van der Waals surface area contributed by atoms with E-state index in [1.54, 1.807) is 13.8 Å². The number of carbonyl (C=O) groups is 1. The zero-order valence-electron chi connectivity index (χ0n) is 40.8. The summed E-state index contributed by atoms with van der Waals surface area (Å²) >= 11 is 0. The number of aliphatic hydroxyl groups excluding tert-OH is 9. The largest absolute Gasteiger partial charge is 0.474 e. The van der Waals surface area contributed by atoms with Gasteiger partial charge in [0.15, 0.2) is 39.2 Å². The standard InChI is InChI=1S/C38H74NO31P3/c1-21(2)38(15-56-18-65-71(50,51)62-9-6-59-35-22(3)29(44)31(46)25(12-40)68-35,16-57-19-66-72(52,53)63-10-7-60-36-23(4)30(45)32(47)26(13-41)69-36)17-58-20-67-73(54,55)64-11-8-61-37-28(39-24(5)43)34(49)33(48)27(14-42)70-37/h21-23,25-37,40-42,44-49H,6-20H2,1-5H3,(H,39,43)(H,50,51)(H,52,53)(H,54,55)/t22?,23?,25?,26?,27?,28?,29-,30-,31+,32+,33+,34-,35-,36-,37-,38?/m1/s1. The first-order valence-corrected chi connectivity index (χ1v) is 27.3. The van der Waals surface area contributed by atoms with Gasteiger partial charge >= 0.3 is 23.5 Å². The van der Waals surface area contributed by atoms with Crippen LogP contribution in [-0.2, 0) is 88.3 Å². The Hall–Kier alpha value is -0.920. The maximum Gasteiger partial charge on any atom is 0.474 e. The summed E-state index contributed by atoms with van der Waals surface area (Å²) in [6.07, 6.45) is -15.7. The Kier molecular flexibility index (Phi) is 28.7. The average molecular weight is 1130 g/mol. The second-order valence-corrected chi connectivity index (χ2v) is 21.7. The first-order chi connectivity index (χ1) is 34.2. The highest BCUT2D eigenvalue weighted by atomic mass is 31.2. The highest BCUT2D eigenvalue weighted by molar-refractivity contribution is 7.47. The number of nitrogens with one attached hydrogen (secondary N) is 1. The molecule has 3 heterocycles. The summed E-state index contributed by atoms with van der Waals surface area (Å²) in [4.78, 5) is 42.5. The smallest absolute Gasteiger partial charge is 0.394 e. The van der Waals surface area contributed by atoms with E-state index < -0.39 is 219 Å². The molecule has 3 aliphatic heterocycles. The Morgan fingerprint density at radius 2 is 0.836 bits per heavy atom. The van der Waals surface area contributed by atoms with E-state index in [9.17, 15) is 79.1 Å². The van der Waals surface area contributed by atoms with Gasteiger partial charge in [-0.1, -0.05) is 27.7 Å². The third kappa shape index (κ3) is 21.3. The van der Waals surface area contributed by atoms with Crippen LogP contribution in [0.1, 0.15) is 34.6 Å². The number of phosphoric ester groups is 3. The lowest BCUT2D eigenvalue weighted by atomic mass is 9.79. The predicted molar refractivity (Wildman–Crippen MR) is 237 cm³/mol. The fraction of sp³-hybridized carbons (Fsp3) is 0.974. The molecule has 3 fully saturated rings. The van der Waals surface area contributed by atoms with Gasteiger partial charge in [-0.2, -0.15) is 0 Å². The molecule has 0 aromatic rings. The summed E-state index contributed by atoms with van der Waals surface area (Å²) in [7, 11) is -14.5. The van der Waals surface area contributed by atoms with Crippen LogP contribution in [0.5, 0.6) is 0 Å². The molecule has 0 aromatic heterocycles. The zero-order valence-corrected chi connectivity index (χ0v) is 43.5. The molecule has 9 unspecified atom stereocenters. The SMILES string of the molecule is CC(=O)NC1[C@H](OCCOP(=O)(O)OCOCC(COCOP(=O)(O)OCCO[C@@H]2OC(CO)[C@H](O)[C@H](O)C2C)(COCOP(=O)(O)OCCO[C@@H]2OC(CO)[C@H](O)[C@H](O)C2C)C(C)C)OC(CO)[C@H](O)[C@@H]1O. The summed E-state index contributed by atoms with van der Waals surface area (Å²) in [5.41, 5.74) is -1.33. The van der Waals surface area contributed by atoms with E-state index in [1.165, 1.54) is 13.8 Å². The molecular formula is C38H74NO31P3. The molecule has 0 saturated carbocycles. The van der Waals surface area contributed by atoms with E-state index in [1.807, 2.05) is 0 Å². The van der Waals surface area contributed by atoms with Crippen molar-refractivity contribution in [3.05, 3.63) is 0 Å². The second-order valence-electron chi connectivity index (χ2n) is 17.4. The van der Waals surface area contributed by atoms with E-state index in [0.717, 1.165) is 6.92 Å². The third-order valence-electron chi connectivity index (χ3n) is 11.8. The van der Waals surface area contributed by atoms with Crippen molar-refractivity contribution >= 4 is 29.4 Å². The number of rotatable bonds is 35. The highest BCUT2D eigenvalue weighted by Gasteiger charge is 2.47. The van der Waals surface area contributed by atoms with Gasteiger partial charge in [0, 0.05) is 24.2 Å². The van der Waals surface area contributed by atoms with Crippen molar-refractivity contribution in [1.82, 2.24) is 5.32 Å². The van der Waals surface area contributed by atoms with Crippen LogP contribution in [0.15, 0.2) is 0 Å². The molecule has 432 valence electrons. The highest BCUT2D eigenvalue weighted by Crippen LogP contribution is 2.45. The topological polar surface area (TPSA) is 462 Å². The third-order valence-corrected chi connectivity index (χ3v) is 14.6. The van der Waals surface area contributed by atoms with Crippen LogP contribution in [-0.4, -0.2) is 246 Å². The van der Waals surface area contributed by atoms with Crippen molar-refractivity contribution in [2.24, 2.45) is 23.2 Å². The first kappa shape index (κ1) is 66.4. The fourth-order valence-corrected chi connectivity index (χ4v) is 8.93. The lowest BCUT2D eigenvalue weighted by Crippen LogP contribution is -2.64. The van der Waals surface area contributed by atoms with Crippen LogP contribution >= 0.6 is 23.5 Å². The van der Waals surface area contributed by atoms with Gasteiger partial charge in [-0.15, -0.1) is 0 Å². The van der Waals surface area contributed by atoms with E-state index in [4.69, 9.17) is 69.8 Å². The normalized spacial score (nSPS) is 34.4. The van der Waals surface area contributed by atoms with Crippen LogP contribution in [0.4, 0.5) is 0 Å². The molecule has 0 spiro atoms. The average Bonchev–Trinajstić information content (AvgIpc) is 3.33. The van der Waals surface area contributed by atoms with E-state index in [-0.39, 0.29) is 13.2 Å². The second kappa shape index (κ2) is 31.6. The van der Waals surface area contributed by atoms with Gasteiger partial charge in [-0.25, -0.2) is 13.7 Å². The summed E-state index contributed by atoms with van der Waals surface area (Å²) in [5.74, 6) is -2.62. The minimum absolute atomic E-state index is 0.352. The van der Waals surface area contributed by atoms with E-state index >= 15 is 0 Å². The number of phosphoric acid groups is 3. The monoisotopic (exact) mass is 1130 g/mol. The fourth-order valence-electron chi connectivity index (χ4n) is 7.17. The number of aliphatic hydroxyl groups is 9. The molecule has 35 heteroatoms. The summed E-state index contributed by atoms with van der Waals surface area (Å²) < 4.78 is 117. The molecule has 18 atom stereocenters. The van der Waals surface area contributed by atoms with Gasteiger partial charge in [-0.3, -0.25) is 31.9 Å². The summed E-state index contributed by atoms with van der Waals surface area (Å²) in [6.45, 7) is -1.28. The summed E-state index contributed by atoms with van der Waals surface area (Å²) in [5, 5.41) is 91.7. The minimum Gasteiger partial charge on any atom is -0.394 e. The van der Waals surface area contributed by atoms with Crippen LogP contribution in [0, 0.1) is 23.2 Å². The minimum atomic E-state index is -4.89. The van der Waals surface area contributed by atoms with Crippen molar-refractivity contribution in [2.75, 3.05) is 99.7 Å². The van der Waals surface area contributed by atoms with Crippen LogP contribution in [0.25, 0.3) is 0 Å². The van der Waals surface area contributed by atoms with Gasteiger partial charge in [0.1, 0.15) is 48.8 Å². The van der Waals surface area contributed by atoms with Gasteiger partial charge in [0.25, 0.3) is 0 Å². The molecule has 0 radical (unpaired) electrons. The number of amides is 1. The van der Waals surface area contributed by atoms with Gasteiger partial charge in [0.05, 0.1) is 91.5 Å². The van der Waals surface area contributed by atoms with Gasteiger partial charge in [0.2, 0.25) is 5.91 Å². The predicted octanol–water partition coefficient (Wildman–Crippen LogP) is -3.90. The van der Waals surface area contributed by atoms with E-state index in [0.29, 0.717) is 0 Å². The lowest BCUT2D eigenvalue weighted by Gasteiger charge is -2.42. The van der Waals surface area contributed by atoms with Crippen molar-refractivity contribution in [2.45, 2.75) is 114 Å². The Labute approximate surface area is 420 Å². The molecule has 32 nitrogen and oxygen atoms in total. The molecule has 1 amide bonds. The van der Waals surface area contributed by atoms with Crippen LogP contribution in [0.2, 0.25) is 0 Å². The van der Waals surface area contributed by atoms with Gasteiger partial charge in [-0.05, 0) is 5.92 Å². The molecule has 0 bridgehead atoms. The van der Waals surface area contributed by atoms with E-state index in [2.05, 4.69) is 5.32 Å². The Bertz CT molecular complexity index is 1670. The number of carbonyl (C=O) groups excluding carboxylic acids is 1. The van der Waals surface area contributed by atoms with Crippen molar-refractivity contribution in [1.29, 1.82) is 0 Å². The molecule has 73 heavy (non-hydrogen) atoms. The molecule has 0 aliphatic carbocycles. The molecule has 13 N–H and O–H groups in total. The van der Waals surface area contributed by atoms with Crippen molar-refractivity contribution < 1.29 is 149 Å². The van der Waals surface area contributed by atoms with Crippen molar-refractivity contribution in [3.8, 4) is 0 Å². The number of hydrogen-bond acceptors (Lipinski definition) is 28. The van der Waals surface area contributed by atoms with Crippen molar-refractivity contribution in [3.63, 3.8) is 0 Å². The maximum atomic E-state index is 12.7. The van der Waals surface area contributed by atoms with Crippen LogP contribution < -0.4 is 5.32 Å². The zero-order chi connectivity index (χ0) is 54.7. The Morgan fingerprint density at radius 3 is 1.15 bits per heavy atom. The molecule has 3 saturated heterocycles. The Balaban J connectivity index is 1.55. The van der Waals surface area contributed by atoms with Gasteiger partial charge < -0.3 is 109 Å². The lowest BCUT2D eigenvalue weighted by molar-refractivity contribution is -0.283. The first-order valence-electron chi connectivity index (χ1n) is 22.8.